The highest BCUT2D eigenvalue weighted by Crippen LogP contribution is 2.32. The highest BCUT2D eigenvalue weighted by Gasteiger charge is 2.23. The van der Waals surface area contributed by atoms with E-state index in [9.17, 15) is 4.39 Å². The van der Waals surface area contributed by atoms with Gasteiger partial charge in [-0.05, 0) is 62.9 Å². The van der Waals surface area contributed by atoms with Crippen LogP contribution >= 0.6 is 0 Å². The van der Waals surface area contributed by atoms with E-state index >= 15 is 0 Å². The molecule has 1 atom stereocenters. The summed E-state index contributed by atoms with van der Waals surface area (Å²) in [6, 6.07) is 3.83. The number of anilines is 1. The number of benzene rings is 1. The van der Waals surface area contributed by atoms with Crippen molar-refractivity contribution >= 4 is 5.69 Å². The zero-order valence-corrected chi connectivity index (χ0v) is 13.6. The third kappa shape index (κ3) is 3.74. The minimum Gasteiger partial charge on any atom is -0.384 e. The molecule has 1 aromatic rings. The second-order valence-corrected chi connectivity index (χ2v) is 6.06. The van der Waals surface area contributed by atoms with E-state index in [1.165, 1.54) is 5.69 Å². The molecule has 1 N–H and O–H groups in total. The van der Waals surface area contributed by atoms with Gasteiger partial charge in [0, 0.05) is 38.5 Å². The highest BCUT2D eigenvalue weighted by molar-refractivity contribution is 5.57. The Bertz CT molecular complexity index is 470. The lowest BCUT2D eigenvalue weighted by atomic mass is 9.95. The molecule has 1 unspecified atom stereocenters. The third-order valence-corrected chi connectivity index (χ3v) is 4.57. The first-order chi connectivity index (χ1) is 10.1. The quantitative estimate of drug-likeness (QED) is 0.902. The normalized spacial score (nSPS) is 18.0. The van der Waals surface area contributed by atoms with Gasteiger partial charge in [-0.25, -0.2) is 4.39 Å². The molecular weight excluding hydrogens is 267 g/mol. The standard InChI is InChI=1S/C17H27FN2O/c1-12-9-17(15(10-16(12)18)13(2)19-3)20-7-5-14(6-8-20)11-21-4/h9-10,13-14,19H,5-8,11H2,1-4H3. The molecule has 0 spiro atoms. The summed E-state index contributed by atoms with van der Waals surface area (Å²) in [5, 5.41) is 3.22. The second kappa shape index (κ2) is 7.23. The molecule has 1 heterocycles. The Kier molecular flexibility index (Phi) is 5.59. The van der Waals surface area contributed by atoms with Gasteiger partial charge >= 0.3 is 0 Å². The van der Waals surface area contributed by atoms with Crippen LogP contribution in [0.1, 0.15) is 36.9 Å². The van der Waals surface area contributed by atoms with Gasteiger partial charge in [0.15, 0.2) is 0 Å². The van der Waals surface area contributed by atoms with E-state index in [-0.39, 0.29) is 11.9 Å². The molecule has 1 aliphatic rings. The van der Waals surface area contributed by atoms with Crippen molar-refractivity contribution in [3.63, 3.8) is 0 Å². The Balaban J connectivity index is 2.21. The van der Waals surface area contributed by atoms with Gasteiger partial charge in [0.25, 0.3) is 0 Å². The van der Waals surface area contributed by atoms with Gasteiger partial charge in [-0.1, -0.05) is 0 Å². The first-order valence-electron chi connectivity index (χ1n) is 7.78. The minimum atomic E-state index is -0.120. The lowest BCUT2D eigenvalue weighted by molar-refractivity contribution is 0.139. The average molecular weight is 294 g/mol. The molecule has 1 aromatic carbocycles. The number of aryl methyl sites for hydroxylation is 1. The van der Waals surface area contributed by atoms with Crippen molar-refractivity contribution < 1.29 is 9.13 Å². The van der Waals surface area contributed by atoms with E-state index in [1.54, 1.807) is 13.2 Å². The summed E-state index contributed by atoms with van der Waals surface area (Å²) in [6.07, 6.45) is 2.27. The summed E-state index contributed by atoms with van der Waals surface area (Å²) < 4.78 is 19.2. The van der Waals surface area contributed by atoms with E-state index in [2.05, 4.69) is 17.1 Å². The number of methoxy groups -OCH3 is 1. The summed E-state index contributed by atoms with van der Waals surface area (Å²) in [4.78, 5) is 2.39. The second-order valence-electron chi connectivity index (χ2n) is 6.06. The van der Waals surface area contributed by atoms with Crippen molar-refractivity contribution in [3.05, 3.63) is 29.1 Å². The van der Waals surface area contributed by atoms with Crippen LogP contribution in [0.25, 0.3) is 0 Å². The van der Waals surface area contributed by atoms with Crippen LogP contribution in [0.5, 0.6) is 0 Å². The molecule has 1 saturated heterocycles. The molecule has 2 rings (SSSR count). The number of rotatable bonds is 5. The van der Waals surface area contributed by atoms with Crippen molar-refractivity contribution in [3.8, 4) is 0 Å². The molecule has 0 aliphatic carbocycles. The largest absolute Gasteiger partial charge is 0.384 e. The monoisotopic (exact) mass is 294 g/mol. The first-order valence-corrected chi connectivity index (χ1v) is 7.78. The summed E-state index contributed by atoms with van der Waals surface area (Å²) in [6.45, 7) is 6.79. The van der Waals surface area contributed by atoms with Crippen molar-refractivity contribution in [1.29, 1.82) is 0 Å². The third-order valence-electron chi connectivity index (χ3n) is 4.57. The van der Waals surface area contributed by atoms with E-state index in [1.807, 2.05) is 20.0 Å². The van der Waals surface area contributed by atoms with Crippen LogP contribution in [0.4, 0.5) is 10.1 Å². The van der Waals surface area contributed by atoms with Crippen LogP contribution in [0.3, 0.4) is 0 Å². The fourth-order valence-electron chi connectivity index (χ4n) is 3.03. The molecular formula is C17H27FN2O. The molecule has 3 nitrogen and oxygen atoms in total. The Morgan fingerprint density at radius 3 is 2.62 bits per heavy atom. The Morgan fingerprint density at radius 2 is 2.05 bits per heavy atom. The van der Waals surface area contributed by atoms with Crippen molar-refractivity contribution in [2.45, 2.75) is 32.7 Å². The van der Waals surface area contributed by atoms with Crippen molar-refractivity contribution in [2.24, 2.45) is 5.92 Å². The molecule has 0 amide bonds. The molecule has 0 saturated carbocycles. The molecule has 0 bridgehead atoms. The van der Waals surface area contributed by atoms with Gasteiger partial charge in [-0.15, -0.1) is 0 Å². The Morgan fingerprint density at radius 1 is 1.38 bits per heavy atom. The van der Waals surface area contributed by atoms with E-state index in [0.29, 0.717) is 5.92 Å². The van der Waals surface area contributed by atoms with Gasteiger partial charge in [-0.2, -0.15) is 0 Å². The van der Waals surface area contributed by atoms with Crippen LogP contribution in [-0.2, 0) is 4.74 Å². The summed E-state index contributed by atoms with van der Waals surface area (Å²) >= 11 is 0. The number of halogens is 1. The fraction of sp³-hybridized carbons (Fsp3) is 0.647. The van der Waals surface area contributed by atoms with E-state index in [4.69, 9.17) is 4.74 Å². The molecule has 118 valence electrons. The van der Waals surface area contributed by atoms with Gasteiger partial charge in [0.05, 0.1) is 0 Å². The number of hydrogen-bond donors (Lipinski definition) is 1. The van der Waals surface area contributed by atoms with Crippen LogP contribution in [0, 0.1) is 18.7 Å². The maximum atomic E-state index is 13.9. The predicted octanol–water partition coefficient (Wildman–Crippen LogP) is 3.28. The van der Waals surface area contributed by atoms with Crippen LogP contribution in [0.2, 0.25) is 0 Å². The van der Waals surface area contributed by atoms with Crippen LogP contribution in [0.15, 0.2) is 12.1 Å². The minimum absolute atomic E-state index is 0.120. The van der Waals surface area contributed by atoms with Crippen LogP contribution in [-0.4, -0.2) is 33.9 Å². The van der Waals surface area contributed by atoms with Crippen molar-refractivity contribution in [1.82, 2.24) is 5.32 Å². The molecule has 4 heteroatoms. The summed E-state index contributed by atoms with van der Waals surface area (Å²) in [5.74, 6) is 0.531. The zero-order chi connectivity index (χ0) is 15.4. The van der Waals surface area contributed by atoms with Gasteiger partial charge in [-0.3, -0.25) is 0 Å². The number of nitrogens with one attached hydrogen (secondary N) is 1. The Labute approximate surface area is 127 Å². The average Bonchev–Trinajstić information content (AvgIpc) is 2.50. The lowest BCUT2D eigenvalue weighted by Crippen LogP contribution is -2.36. The summed E-state index contributed by atoms with van der Waals surface area (Å²) in [7, 11) is 3.68. The predicted molar refractivity (Wildman–Crippen MR) is 85.4 cm³/mol. The number of nitrogens with zero attached hydrogens (tertiary/aromatic N) is 1. The number of piperidine rings is 1. The van der Waals surface area contributed by atoms with Crippen molar-refractivity contribution in [2.75, 3.05) is 38.8 Å². The maximum Gasteiger partial charge on any atom is 0.126 e. The van der Waals surface area contributed by atoms with E-state index < -0.39 is 0 Å². The smallest absolute Gasteiger partial charge is 0.126 e. The zero-order valence-electron chi connectivity index (χ0n) is 13.6. The van der Waals surface area contributed by atoms with Gasteiger partial charge in [0.1, 0.15) is 5.82 Å². The topological polar surface area (TPSA) is 24.5 Å². The van der Waals surface area contributed by atoms with Gasteiger partial charge < -0.3 is 15.0 Å². The molecule has 21 heavy (non-hydrogen) atoms. The van der Waals surface area contributed by atoms with E-state index in [0.717, 1.165) is 43.7 Å². The number of hydrogen-bond acceptors (Lipinski definition) is 3. The lowest BCUT2D eigenvalue weighted by Gasteiger charge is -2.35. The molecule has 1 aliphatic heterocycles. The first kappa shape index (κ1) is 16.2. The van der Waals surface area contributed by atoms with Gasteiger partial charge in [0.2, 0.25) is 0 Å². The molecule has 0 radical (unpaired) electrons. The molecule has 1 fully saturated rings. The number of ether oxygens (including phenoxy) is 1. The maximum absolute atomic E-state index is 13.9. The van der Waals surface area contributed by atoms with Crippen LogP contribution < -0.4 is 10.2 Å². The summed E-state index contributed by atoms with van der Waals surface area (Å²) in [5.41, 5.74) is 2.94. The SMILES string of the molecule is CNC(C)c1cc(F)c(C)cc1N1CCC(COC)CC1. The highest BCUT2D eigenvalue weighted by atomic mass is 19.1. The Hall–Kier alpha value is -1.13. The fourth-order valence-corrected chi connectivity index (χ4v) is 3.03. The molecule has 0 aromatic heterocycles.